The predicted octanol–water partition coefficient (Wildman–Crippen LogP) is 12.8. The summed E-state index contributed by atoms with van der Waals surface area (Å²) in [5.74, 6) is 0. The van der Waals surface area contributed by atoms with Crippen LogP contribution in [-0.2, 0) is 0 Å². The van der Waals surface area contributed by atoms with Crippen LogP contribution in [0, 0.1) is 0 Å². The van der Waals surface area contributed by atoms with Crippen molar-refractivity contribution in [3.8, 4) is 67.0 Å². The Morgan fingerprint density at radius 2 is 0.720 bits per heavy atom. The van der Waals surface area contributed by atoms with E-state index in [9.17, 15) is 0 Å². The minimum absolute atomic E-state index is 0.883. The summed E-state index contributed by atoms with van der Waals surface area (Å²) in [5, 5.41) is 2.16. The molecule has 0 saturated carbocycles. The van der Waals surface area contributed by atoms with Crippen LogP contribution in [0.1, 0.15) is 0 Å². The first-order chi connectivity index (χ1) is 24.8. The molecule has 9 aromatic rings. The minimum Gasteiger partial charge on any atom is -0.245 e. The first-order valence-electron chi connectivity index (χ1n) is 17.0. The monoisotopic (exact) mass is 636 g/mol. The maximum atomic E-state index is 5.73. The number of aromatic nitrogens is 2. The van der Waals surface area contributed by atoms with Gasteiger partial charge in [0, 0.05) is 33.0 Å². The quantitative estimate of drug-likeness (QED) is 0.170. The van der Waals surface area contributed by atoms with Crippen LogP contribution < -0.4 is 0 Å². The average Bonchev–Trinajstić information content (AvgIpc) is 3.21. The zero-order valence-electron chi connectivity index (χ0n) is 27.4. The summed E-state index contributed by atoms with van der Waals surface area (Å²) in [5.41, 5.74) is 14.8. The van der Waals surface area contributed by atoms with Gasteiger partial charge in [0.05, 0.1) is 22.4 Å². The fraction of sp³-hybridized carbons (Fsp3) is 0. The number of fused-ring (bicyclic) bond motifs is 3. The van der Waals surface area contributed by atoms with Crippen molar-refractivity contribution >= 4 is 21.8 Å². The van der Waals surface area contributed by atoms with Crippen molar-refractivity contribution in [2.24, 2.45) is 0 Å². The molecular formula is C48H32N2. The lowest BCUT2D eigenvalue weighted by molar-refractivity contribution is 1.36. The third-order valence-electron chi connectivity index (χ3n) is 9.45. The van der Waals surface area contributed by atoms with Crippen LogP contribution in [0.4, 0.5) is 0 Å². The number of benzene rings is 7. The molecule has 0 unspecified atom stereocenters. The molecule has 9 rings (SSSR count). The van der Waals surface area contributed by atoms with Gasteiger partial charge in [-0.15, -0.1) is 0 Å². The molecule has 2 nitrogen and oxygen atoms in total. The van der Waals surface area contributed by atoms with Gasteiger partial charge in [-0.05, 0) is 45.5 Å². The molecule has 0 bridgehead atoms. The van der Waals surface area contributed by atoms with Gasteiger partial charge in [0.2, 0.25) is 0 Å². The Balaban J connectivity index is 1.56. The molecule has 7 aromatic carbocycles. The van der Waals surface area contributed by atoms with Crippen LogP contribution >= 0.6 is 0 Å². The van der Waals surface area contributed by atoms with E-state index in [2.05, 4.69) is 194 Å². The summed E-state index contributed by atoms with van der Waals surface area (Å²) < 4.78 is 0. The summed E-state index contributed by atoms with van der Waals surface area (Å²) in [6.45, 7) is 0. The molecule has 0 atom stereocenters. The topological polar surface area (TPSA) is 25.8 Å². The Kier molecular flexibility index (Phi) is 7.53. The van der Waals surface area contributed by atoms with Gasteiger partial charge in [0.1, 0.15) is 0 Å². The molecule has 2 heteroatoms. The highest BCUT2D eigenvalue weighted by Gasteiger charge is 2.25. The standard InChI is InChI=1S/C48H32N2/c1-7-19-33(20-8-1)39-32-42(35-23-11-3-12-24-35)49-47-41(39)31-40(34-21-9-2-10-22-34)45-43(36-25-13-4-14-26-36)44(37-27-15-5-16-28-37)46(50-48(45)47)38-29-17-6-18-30-38/h1-32H. The number of pyridine rings is 2. The number of hydrogen-bond donors (Lipinski definition) is 0. The Hall–Kier alpha value is -6.64. The Morgan fingerprint density at radius 3 is 1.24 bits per heavy atom. The average molecular weight is 637 g/mol. The number of nitrogens with zero attached hydrogens (tertiary/aromatic N) is 2. The van der Waals surface area contributed by atoms with E-state index in [1.807, 2.05) is 0 Å². The van der Waals surface area contributed by atoms with E-state index in [-0.39, 0.29) is 0 Å². The third-order valence-corrected chi connectivity index (χ3v) is 9.45. The lowest BCUT2D eigenvalue weighted by Crippen LogP contribution is -2.01. The van der Waals surface area contributed by atoms with Crippen molar-refractivity contribution < 1.29 is 0 Å². The SMILES string of the molecule is c1ccc(-c2cc(-c3ccccc3)c3cc(-c4ccccc4)c4c(-c5ccccc5)c(-c5ccccc5)c(-c5ccccc5)nc4c3n2)cc1. The van der Waals surface area contributed by atoms with Gasteiger partial charge in [-0.2, -0.15) is 0 Å². The first-order valence-corrected chi connectivity index (χ1v) is 17.0. The molecule has 0 amide bonds. The fourth-order valence-corrected chi connectivity index (χ4v) is 7.16. The van der Waals surface area contributed by atoms with E-state index in [4.69, 9.17) is 9.97 Å². The van der Waals surface area contributed by atoms with Crippen LogP contribution in [0.25, 0.3) is 88.8 Å². The third kappa shape index (κ3) is 5.24. The Morgan fingerprint density at radius 1 is 0.300 bits per heavy atom. The van der Waals surface area contributed by atoms with Crippen molar-refractivity contribution in [3.63, 3.8) is 0 Å². The van der Waals surface area contributed by atoms with Crippen LogP contribution in [0.3, 0.4) is 0 Å². The fourth-order valence-electron chi connectivity index (χ4n) is 7.16. The lowest BCUT2D eigenvalue weighted by Gasteiger charge is -2.22. The molecule has 50 heavy (non-hydrogen) atoms. The molecule has 0 spiro atoms. The van der Waals surface area contributed by atoms with Gasteiger partial charge in [-0.25, -0.2) is 9.97 Å². The Labute approximate surface area is 292 Å². The summed E-state index contributed by atoms with van der Waals surface area (Å²) >= 11 is 0. The Bertz CT molecular complexity index is 2590. The summed E-state index contributed by atoms with van der Waals surface area (Å²) in [6, 6.07) is 68.5. The van der Waals surface area contributed by atoms with E-state index in [1.54, 1.807) is 0 Å². The van der Waals surface area contributed by atoms with Crippen molar-refractivity contribution in [2.45, 2.75) is 0 Å². The van der Waals surface area contributed by atoms with E-state index < -0.39 is 0 Å². The van der Waals surface area contributed by atoms with Crippen LogP contribution in [0.5, 0.6) is 0 Å². The molecule has 2 heterocycles. The van der Waals surface area contributed by atoms with Crippen LogP contribution in [0.15, 0.2) is 194 Å². The van der Waals surface area contributed by atoms with Crippen LogP contribution in [-0.4, -0.2) is 9.97 Å². The molecule has 0 radical (unpaired) electrons. The van der Waals surface area contributed by atoms with Gasteiger partial charge < -0.3 is 0 Å². The highest BCUT2D eigenvalue weighted by Crippen LogP contribution is 2.49. The molecule has 0 aliphatic rings. The van der Waals surface area contributed by atoms with E-state index >= 15 is 0 Å². The van der Waals surface area contributed by atoms with E-state index in [0.717, 1.165) is 88.8 Å². The molecule has 0 aliphatic heterocycles. The number of rotatable bonds is 6. The van der Waals surface area contributed by atoms with Crippen LogP contribution in [0.2, 0.25) is 0 Å². The smallest absolute Gasteiger partial charge is 0.0985 e. The van der Waals surface area contributed by atoms with Gasteiger partial charge in [-0.3, -0.25) is 0 Å². The normalized spacial score (nSPS) is 11.2. The molecule has 2 aromatic heterocycles. The second kappa shape index (κ2) is 12.8. The molecule has 234 valence electrons. The lowest BCUT2D eigenvalue weighted by atomic mass is 9.84. The molecule has 0 N–H and O–H groups in total. The summed E-state index contributed by atoms with van der Waals surface area (Å²) in [6.07, 6.45) is 0. The highest BCUT2D eigenvalue weighted by atomic mass is 14.8. The molecule has 0 fully saturated rings. The first kappa shape index (κ1) is 29.5. The molecule has 0 aliphatic carbocycles. The maximum Gasteiger partial charge on any atom is 0.0985 e. The zero-order chi connectivity index (χ0) is 33.3. The van der Waals surface area contributed by atoms with Crippen molar-refractivity contribution in [3.05, 3.63) is 194 Å². The van der Waals surface area contributed by atoms with Crippen molar-refractivity contribution in [1.29, 1.82) is 0 Å². The van der Waals surface area contributed by atoms with Crippen molar-refractivity contribution in [2.75, 3.05) is 0 Å². The van der Waals surface area contributed by atoms with Gasteiger partial charge in [0.25, 0.3) is 0 Å². The second-order valence-corrected chi connectivity index (χ2v) is 12.5. The van der Waals surface area contributed by atoms with Crippen molar-refractivity contribution in [1.82, 2.24) is 9.97 Å². The summed E-state index contributed by atoms with van der Waals surface area (Å²) in [7, 11) is 0. The largest absolute Gasteiger partial charge is 0.245 e. The van der Waals surface area contributed by atoms with E-state index in [1.165, 1.54) is 0 Å². The van der Waals surface area contributed by atoms with E-state index in [0.29, 0.717) is 0 Å². The number of hydrogen-bond acceptors (Lipinski definition) is 2. The summed E-state index contributed by atoms with van der Waals surface area (Å²) in [4.78, 5) is 11.2. The van der Waals surface area contributed by atoms with Gasteiger partial charge in [-0.1, -0.05) is 182 Å². The highest BCUT2D eigenvalue weighted by molar-refractivity contribution is 6.22. The predicted molar refractivity (Wildman–Crippen MR) is 210 cm³/mol. The van der Waals surface area contributed by atoms with Gasteiger partial charge >= 0.3 is 0 Å². The van der Waals surface area contributed by atoms with Gasteiger partial charge in [0.15, 0.2) is 0 Å². The zero-order valence-corrected chi connectivity index (χ0v) is 27.4. The molecular weight excluding hydrogens is 605 g/mol. The molecule has 0 saturated heterocycles. The second-order valence-electron chi connectivity index (χ2n) is 12.5. The maximum absolute atomic E-state index is 5.73. The minimum atomic E-state index is 0.883.